The van der Waals surface area contributed by atoms with Crippen LogP contribution in [-0.4, -0.2) is 10.8 Å². The van der Waals surface area contributed by atoms with Gasteiger partial charge in [0.1, 0.15) is 0 Å². The van der Waals surface area contributed by atoms with E-state index in [1.807, 2.05) is 24.3 Å². The Balaban J connectivity index is 2.07. The summed E-state index contributed by atoms with van der Waals surface area (Å²) in [6, 6.07) is 7.36. The lowest BCUT2D eigenvalue weighted by molar-refractivity contribution is 0.377. The lowest BCUT2D eigenvalue weighted by Crippen LogP contribution is -2.09. The number of rotatable bonds is 2. The fourth-order valence-electron chi connectivity index (χ4n) is 2.05. The van der Waals surface area contributed by atoms with Gasteiger partial charge in [-0.3, -0.25) is 0 Å². The van der Waals surface area contributed by atoms with Crippen molar-refractivity contribution >= 4 is 27.8 Å². The molecule has 0 fully saturated rings. The van der Waals surface area contributed by atoms with Crippen molar-refractivity contribution in [3.05, 3.63) is 63.7 Å². The molecule has 0 unspecified atom stereocenters. The highest BCUT2D eigenvalue weighted by atomic mass is 32.1. The van der Waals surface area contributed by atoms with E-state index in [4.69, 9.17) is 0 Å². The maximum Gasteiger partial charge on any atom is 0.211 e. The van der Waals surface area contributed by atoms with Gasteiger partial charge in [-0.25, -0.2) is 22.0 Å². The van der Waals surface area contributed by atoms with Crippen molar-refractivity contribution in [2.75, 3.05) is 0 Å². The predicted octanol–water partition coefficient (Wildman–Crippen LogP) is 3.87. The highest BCUT2D eigenvalue weighted by molar-refractivity contribution is 7.16. The fraction of sp³-hybridized carbons (Fsp3) is 0.0667. The van der Waals surface area contributed by atoms with Gasteiger partial charge in [-0.2, -0.15) is 5.10 Å². The van der Waals surface area contributed by atoms with Crippen LogP contribution >= 0.6 is 11.3 Å². The Kier molecular flexibility index (Phi) is 4.18. The molecule has 0 N–H and O–H groups in total. The highest BCUT2D eigenvalue weighted by Crippen LogP contribution is 2.21. The SMILES string of the molecule is Cn1/c(=N/N=C/c2c(F)c(F)c(F)c(F)c2F)sc2ccccc21. The first-order chi connectivity index (χ1) is 11.4. The quantitative estimate of drug-likeness (QED) is 0.219. The molecule has 0 aliphatic heterocycles. The zero-order valence-corrected chi connectivity index (χ0v) is 12.8. The Bertz CT molecular complexity index is 1010. The minimum atomic E-state index is -2.21. The number of nitrogens with zero attached hydrogens (tertiary/aromatic N) is 3. The molecule has 3 rings (SSSR count). The van der Waals surface area contributed by atoms with Crippen molar-refractivity contribution < 1.29 is 22.0 Å². The van der Waals surface area contributed by atoms with Gasteiger partial charge in [0.15, 0.2) is 23.3 Å². The molecule has 0 amide bonds. The molecular formula is C15H8F5N3S. The van der Waals surface area contributed by atoms with E-state index in [0.29, 0.717) is 11.0 Å². The first-order valence-corrected chi connectivity index (χ1v) is 7.36. The number of fused-ring (bicyclic) bond motifs is 1. The molecule has 0 aliphatic rings. The van der Waals surface area contributed by atoms with Gasteiger partial charge in [-0.05, 0) is 12.1 Å². The Morgan fingerprint density at radius 3 is 2.12 bits per heavy atom. The van der Waals surface area contributed by atoms with Gasteiger partial charge in [0.2, 0.25) is 10.6 Å². The van der Waals surface area contributed by atoms with Crippen LogP contribution in [0.2, 0.25) is 0 Å². The zero-order valence-electron chi connectivity index (χ0n) is 12.0. The number of aromatic nitrogens is 1. The van der Waals surface area contributed by atoms with E-state index >= 15 is 0 Å². The minimum absolute atomic E-state index is 0.399. The number of benzene rings is 2. The standard InChI is InChI=1S/C15H8F5N3S/c1-23-8-4-2-3-5-9(8)24-15(23)22-21-6-7-10(16)12(18)14(20)13(19)11(7)17/h2-6H,1H3/b21-6+,22-15-. The Hall–Kier alpha value is -2.55. The summed E-state index contributed by atoms with van der Waals surface area (Å²) < 4.78 is 68.8. The molecule has 1 aromatic heterocycles. The number of hydrogen-bond donors (Lipinski definition) is 0. The summed E-state index contributed by atoms with van der Waals surface area (Å²) in [5.74, 6) is -10.2. The number of para-hydroxylation sites is 1. The molecule has 2 aromatic carbocycles. The summed E-state index contributed by atoms with van der Waals surface area (Å²) in [4.78, 5) is 0.399. The van der Waals surface area contributed by atoms with Gasteiger partial charge in [-0.15, -0.1) is 5.10 Å². The van der Waals surface area contributed by atoms with Crippen molar-refractivity contribution in [1.82, 2.24) is 4.57 Å². The van der Waals surface area contributed by atoms with Gasteiger partial charge < -0.3 is 4.57 Å². The monoisotopic (exact) mass is 357 g/mol. The summed E-state index contributed by atoms with van der Waals surface area (Å²) in [5.41, 5.74) is -0.272. The summed E-state index contributed by atoms with van der Waals surface area (Å²) in [7, 11) is 1.71. The molecule has 0 radical (unpaired) electrons. The lowest BCUT2D eigenvalue weighted by atomic mass is 10.2. The molecule has 24 heavy (non-hydrogen) atoms. The molecule has 3 nitrogen and oxygen atoms in total. The second-order valence-electron chi connectivity index (χ2n) is 4.74. The van der Waals surface area contributed by atoms with Crippen LogP contribution in [0.1, 0.15) is 5.56 Å². The second-order valence-corrected chi connectivity index (χ2v) is 5.75. The molecule has 0 saturated heterocycles. The van der Waals surface area contributed by atoms with Crippen LogP contribution in [0, 0.1) is 29.1 Å². The molecule has 0 saturated carbocycles. The van der Waals surface area contributed by atoms with Crippen molar-refractivity contribution in [1.29, 1.82) is 0 Å². The van der Waals surface area contributed by atoms with E-state index in [1.165, 1.54) is 11.3 Å². The minimum Gasteiger partial charge on any atom is -0.318 e. The number of hydrogen-bond acceptors (Lipinski definition) is 3. The largest absolute Gasteiger partial charge is 0.318 e. The molecule has 1 heterocycles. The first-order valence-electron chi connectivity index (χ1n) is 6.55. The Morgan fingerprint density at radius 1 is 0.917 bits per heavy atom. The van der Waals surface area contributed by atoms with Crippen molar-refractivity contribution in [2.24, 2.45) is 17.3 Å². The average molecular weight is 357 g/mol. The molecule has 0 atom stereocenters. The van der Waals surface area contributed by atoms with E-state index in [-0.39, 0.29) is 0 Å². The maximum absolute atomic E-state index is 13.5. The van der Waals surface area contributed by atoms with Crippen LogP contribution in [0.5, 0.6) is 0 Å². The van der Waals surface area contributed by atoms with Crippen LogP contribution in [0.3, 0.4) is 0 Å². The molecule has 124 valence electrons. The molecule has 0 aliphatic carbocycles. The topological polar surface area (TPSA) is 29.6 Å². The van der Waals surface area contributed by atoms with Crippen LogP contribution in [0.25, 0.3) is 10.2 Å². The predicted molar refractivity (Wildman–Crippen MR) is 80.2 cm³/mol. The maximum atomic E-state index is 13.5. The molecule has 0 spiro atoms. The van der Waals surface area contributed by atoms with Gasteiger partial charge in [0, 0.05) is 7.05 Å². The van der Waals surface area contributed by atoms with E-state index in [1.54, 1.807) is 11.6 Å². The van der Waals surface area contributed by atoms with Gasteiger partial charge in [-0.1, -0.05) is 23.5 Å². The van der Waals surface area contributed by atoms with Crippen LogP contribution in [0.4, 0.5) is 22.0 Å². The smallest absolute Gasteiger partial charge is 0.211 e. The van der Waals surface area contributed by atoms with Crippen LogP contribution in [-0.2, 0) is 7.05 Å². The van der Waals surface area contributed by atoms with E-state index in [2.05, 4.69) is 10.2 Å². The molecule has 9 heteroatoms. The van der Waals surface area contributed by atoms with E-state index in [0.717, 1.165) is 10.2 Å². The zero-order chi connectivity index (χ0) is 17.4. The molecule has 3 aromatic rings. The van der Waals surface area contributed by atoms with Crippen molar-refractivity contribution in [3.8, 4) is 0 Å². The van der Waals surface area contributed by atoms with Crippen molar-refractivity contribution in [3.63, 3.8) is 0 Å². The third-order valence-electron chi connectivity index (χ3n) is 3.29. The van der Waals surface area contributed by atoms with Crippen molar-refractivity contribution in [2.45, 2.75) is 0 Å². The number of thiazole rings is 1. The third-order valence-corrected chi connectivity index (χ3v) is 4.39. The van der Waals surface area contributed by atoms with Gasteiger partial charge in [0.25, 0.3) is 0 Å². The lowest BCUT2D eigenvalue weighted by Gasteiger charge is -2.02. The highest BCUT2D eigenvalue weighted by Gasteiger charge is 2.24. The molecular weight excluding hydrogens is 349 g/mol. The second kappa shape index (κ2) is 6.16. The van der Waals surface area contributed by atoms with Crippen LogP contribution < -0.4 is 4.80 Å². The number of aryl methyl sites for hydroxylation is 1. The summed E-state index contributed by atoms with van der Waals surface area (Å²) in [6.07, 6.45) is 0.501. The van der Waals surface area contributed by atoms with Crippen LogP contribution in [0.15, 0.2) is 34.5 Å². The number of halogens is 5. The average Bonchev–Trinajstić information content (AvgIpc) is 2.91. The summed E-state index contributed by atoms with van der Waals surface area (Å²) in [5, 5.41) is 7.24. The Labute approximate surface area is 136 Å². The van der Waals surface area contributed by atoms with Gasteiger partial charge in [0.05, 0.1) is 22.0 Å². The molecule has 0 bridgehead atoms. The normalized spacial score (nSPS) is 12.7. The van der Waals surface area contributed by atoms with E-state index in [9.17, 15) is 22.0 Å². The fourth-order valence-corrected chi connectivity index (χ4v) is 3.03. The Morgan fingerprint density at radius 2 is 1.50 bits per heavy atom. The summed E-state index contributed by atoms with van der Waals surface area (Å²) in [6.45, 7) is 0. The third kappa shape index (κ3) is 2.60. The van der Waals surface area contributed by atoms with E-state index < -0.39 is 34.6 Å². The van der Waals surface area contributed by atoms with Gasteiger partial charge >= 0.3 is 0 Å². The first kappa shape index (κ1) is 16.3. The summed E-state index contributed by atoms with van der Waals surface area (Å²) >= 11 is 1.26.